The van der Waals surface area contributed by atoms with Crippen molar-refractivity contribution >= 4 is 23.6 Å². The third-order valence-electron chi connectivity index (χ3n) is 7.24. The Balaban J connectivity index is 2.51. The van der Waals surface area contributed by atoms with E-state index in [0.717, 1.165) is 65.6 Å². The fraction of sp³-hybridized carbons (Fsp3) is 0.559. The minimum absolute atomic E-state index is 0.274. The normalized spacial score (nSPS) is 12.8. The molecule has 0 saturated heterocycles. The summed E-state index contributed by atoms with van der Waals surface area (Å²) in [5.41, 5.74) is 4.62. The van der Waals surface area contributed by atoms with Gasteiger partial charge in [-0.05, 0) is 89.6 Å². The molecule has 2 atom stereocenters. The number of alkyl carbamates (subject to hydrolysis) is 1. The topological polar surface area (TPSA) is 87.7 Å². The monoisotopic (exact) mass is 565 g/mol. The number of hydrogen-bond acceptors (Lipinski definition) is 4. The number of amides is 3. The summed E-state index contributed by atoms with van der Waals surface area (Å²) in [5, 5.41) is 5.84. The second kappa shape index (κ2) is 15.6. The van der Waals surface area contributed by atoms with E-state index < -0.39 is 23.8 Å². The lowest BCUT2D eigenvalue weighted by Gasteiger charge is -2.35. The average molecular weight is 566 g/mol. The molecule has 0 aliphatic rings. The maximum absolute atomic E-state index is 14.3. The lowest BCUT2D eigenvalue weighted by molar-refractivity contribution is -0.140. The van der Waals surface area contributed by atoms with Gasteiger partial charge in [0.1, 0.15) is 17.7 Å². The molecule has 0 aliphatic heterocycles. The highest BCUT2D eigenvalue weighted by atomic mass is 16.6. The van der Waals surface area contributed by atoms with Crippen molar-refractivity contribution in [2.45, 2.75) is 119 Å². The van der Waals surface area contributed by atoms with Gasteiger partial charge in [-0.2, -0.15) is 0 Å². The van der Waals surface area contributed by atoms with Crippen molar-refractivity contribution in [2.75, 3.05) is 11.9 Å². The molecule has 0 aliphatic carbocycles. The van der Waals surface area contributed by atoms with Gasteiger partial charge in [0, 0.05) is 12.2 Å². The molecular formula is C34H51N3O4. The number of para-hydroxylation sites is 1. The number of hydrogen-bond donors (Lipinski definition) is 2. The number of carbonyl (C=O) groups excluding carboxylic acids is 3. The largest absolute Gasteiger partial charge is 0.444 e. The number of benzene rings is 2. The van der Waals surface area contributed by atoms with Crippen LogP contribution in [-0.2, 0) is 14.3 Å². The summed E-state index contributed by atoms with van der Waals surface area (Å²) in [5.74, 6) is -0.600. The molecule has 0 spiro atoms. The van der Waals surface area contributed by atoms with E-state index in [1.807, 2.05) is 64.1 Å². The van der Waals surface area contributed by atoms with E-state index in [-0.39, 0.29) is 11.8 Å². The fourth-order valence-corrected chi connectivity index (χ4v) is 5.11. The van der Waals surface area contributed by atoms with Crippen molar-refractivity contribution in [1.29, 1.82) is 0 Å². The number of nitrogens with one attached hydrogen (secondary N) is 2. The Morgan fingerprint density at radius 1 is 0.829 bits per heavy atom. The van der Waals surface area contributed by atoms with Gasteiger partial charge in [0.15, 0.2) is 0 Å². The number of aryl methyl sites for hydroxylation is 4. The molecule has 226 valence electrons. The van der Waals surface area contributed by atoms with Gasteiger partial charge in [-0.3, -0.25) is 9.59 Å². The average Bonchev–Trinajstić information content (AvgIpc) is 2.87. The van der Waals surface area contributed by atoms with E-state index in [0.29, 0.717) is 6.54 Å². The van der Waals surface area contributed by atoms with E-state index in [1.165, 1.54) is 6.42 Å². The summed E-state index contributed by atoms with van der Waals surface area (Å²) in [6.45, 7) is 17.4. The highest BCUT2D eigenvalue weighted by Crippen LogP contribution is 2.31. The van der Waals surface area contributed by atoms with Crippen molar-refractivity contribution in [2.24, 2.45) is 0 Å². The molecule has 3 amide bonds. The zero-order valence-corrected chi connectivity index (χ0v) is 26.6. The first-order valence-corrected chi connectivity index (χ1v) is 15.0. The number of nitrogens with zero attached hydrogens (tertiary/aromatic N) is 1. The van der Waals surface area contributed by atoms with Crippen LogP contribution in [0.15, 0.2) is 36.4 Å². The van der Waals surface area contributed by atoms with Crippen LogP contribution in [0.4, 0.5) is 10.5 Å². The Bertz CT molecular complexity index is 1140. The minimum atomic E-state index is -0.884. The molecule has 7 heteroatoms. The highest BCUT2D eigenvalue weighted by molar-refractivity contribution is 6.00. The molecule has 0 radical (unpaired) electrons. The molecule has 0 aromatic heterocycles. The Hall–Kier alpha value is -3.35. The molecule has 7 nitrogen and oxygen atoms in total. The lowest BCUT2D eigenvalue weighted by atomic mass is 9.93. The zero-order chi connectivity index (χ0) is 30.7. The number of unbranched alkanes of at least 4 members (excludes halogenated alkanes) is 5. The molecule has 2 aromatic carbocycles. The summed E-state index contributed by atoms with van der Waals surface area (Å²) >= 11 is 0. The van der Waals surface area contributed by atoms with Crippen LogP contribution >= 0.6 is 0 Å². The van der Waals surface area contributed by atoms with Gasteiger partial charge in [-0.1, -0.05) is 75.4 Å². The van der Waals surface area contributed by atoms with Gasteiger partial charge in [-0.15, -0.1) is 0 Å². The maximum atomic E-state index is 14.3. The van der Waals surface area contributed by atoms with Crippen molar-refractivity contribution in [3.63, 3.8) is 0 Å². The van der Waals surface area contributed by atoms with Crippen molar-refractivity contribution < 1.29 is 19.1 Å². The van der Waals surface area contributed by atoms with Crippen molar-refractivity contribution in [3.8, 4) is 0 Å². The third kappa shape index (κ3) is 10.2. The minimum Gasteiger partial charge on any atom is -0.444 e. The number of anilines is 1. The van der Waals surface area contributed by atoms with E-state index in [1.54, 1.807) is 32.6 Å². The fourth-order valence-electron chi connectivity index (χ4n) is 5.11. The Morgan fingerprint density at radius 3 is 1.88 bits per heavy atom. The van der Waals surface area contributed by atoms with Gasteiger partial charge in [-0.25, -0.2) is 4.79 Å². The van der Waals surface area contributed by atoms with Crippen LogP contribution in [0.2, 0.25) is 0 Å². The van der Waals surface area contributed by atoms with Crippen molar-refractivity contribution in [1.82, 2.24) is 10.2 Å². The Labute approximate surface area is 247 Å². The quantitative estimate of drug-likeness (QED) is 0.244. The second-order valence-corrected chi connectivity index (χ2v) is 12.1. The van der Waals surface area contributed by atoms with E-state index in [9.17, 15) is 14.4 Å². The molecule has 0 fully saturated rings. The van der Waals surface area contributed by atoms with E-state index in [4.69, 9.17) is 4.74 Å². The predicted octanol–water partition coefficient (Wildman–Crippen LogP) is 7.70. The predicted molar refractivity (Wildman–Crippen MR) is 167 cm³/mol. The molecule has 0 saturated carbocycles. The number of carbonyl (C=O) groups is 3. The van der Waals surface area contributed by atoms with Crippen LogP contribution in [0.5, 0.6) is 0 Å². The molecular weight excluding hydrogens is 514 g/mol. The van der Waals surface area contributed by atoms with Crippen molar-refractivity contribution in [3.05, 3.63) is 64.2 Å². The van der Waals surface area contributed by atoms with Gasteiger partial charge in [0.2, 0.25) is 5.91 Å². The molecule has 2 unspecified atom stereocenters. The van der Waals surface area contributed by atoms with Gasteiger partial charge >= 0.3 is 6.09 Å². The van der Waals surface area contributed by atoms with Crippen LogP contribution in [0.1, 0.15) is 107 Å². The first-order chi connectivity index (χ1) is 19.3. The van der Waals surface area contributed by atoms with Crippen LogP contribution in [0, 0.1) is 27.7 Å². The summed E-state index contributed by atoms with van der Waals surface area (Å²) in [6, 6.07) is 10.0. The van der Waals surface area contributed by atoms with Gasteiger partial charge in [0.05, 0.1) is 0 Å². The van der Waals surface area contributed by atoms with E-state index in [2.05, 4.69) is 17.6 Å². The van der Waals surface area contributed by atoms with Crippen LogP contribution in [0.25, 0.3) is 0 Å². The smallest absolute Gasteiger partial charge is 0.408 e. The van der Waals surface area contributed by atoms with Gasteiger partial charge < -0.3 is 20.3 Å². The van der Waals surface area contributed by atoms with Crippen LogP contribution in [-0.4, -0.2) is 41.0 Å². The van der Waals surface area contributed by atoms with E-state index >= 15 is 0 Å². The standard InChI is InChI=1S/C34H51N3O4/c1-10-11-12-13-14-15-22-37(32(39)27(6)35-33(40)41-34(7,8)9)30(28-23(2)18-16-19-24(28)3)31(38)36-29-25(4)20-17-21-26(29)5/h16-21,27,30H,10-15,22H2,1-9H3,(H,35,40)(H,36,38). The number of ether oxygens (including phenoxy) is 1. The Kier molecular flexibility index (Phi) is 12.9. The zero-order valence-electron chi connectivity index (χ0n) is 26.6. The SMILES string of the molecule is CCCCCCCCN(C(=O)C(C)NC(=O)OC(C)(C)C)C(C(=O)Nc1c(C)cccc1C)c1c(C)cccc1C. The summed E-state index contributed by atoms with van der Waals surface area (Å²) < 4.78 is 5.41. The molecule has 0 heterocycles. The third-order valence-corrected chi connectivity index (χ3v) is 7.24. The van der Waals surface area contributed by atoms with Crippen LogP contribution in [0.3, 0.4) is 0 Å². The second-order valence-electron chi connectivity index (χ2n) is 12.1. The van der Waals surface area contributed by atoms with Crippen LogP contribution < -0.4 is 10.6 Å². The first-order valence-electron chi connectivity index (χ1n) is 15.0. The summed E-state index contributed by atoms with van der Waals surface area (Å²) in [4.78, 5) is 42.6. The molecule has 41 heavy (non-hydrogen) atoms. The molecule has 2 rings (SSSR count). The van der Waals surface area contributed by atoms with Gasteiger partial charge in [0.25, 0.3) is 5.91 Å². The summed E-state index contributed by atoms with van der Waals surface area (Å²) in [7, 11) is 0. The number of rotatable bonds is 13. The molecule has 0 bridgehead atoms. The molecule has 2 aromatic rings. The first kappa shape index (κ1) is 33.9. The Morgan fingerprint density at radius 2 is 1.34 bits per heavy atom. The summed E-state index contributed by atoms with van der Waals surface area (Å²) in [6.07, 6.45) is 5.61. The highest BCUT2D eigenvalue weighted by Gasteiger charge is 2.36. The lowest BCUT2D eigenvalue weighted by Crippen LogP contribution is -2.51. The maximum Gasteiger partial charge on any atom is 0.408 e. The molecule has 2 N–H and O–H groups in total.